The third-order valence-electron chi connectivity index (χ3n) is 5.27. The van der Waals surface area contributed by atoms with Gasteiger partial charge in [-0.2, -0.15) is 0 Å². The van der Waals surface area contributed by atoms with Crippen molar-refractivity contribution in [1.29, 1.82) is 0 Å². The number of carboxylic acid groups (broad SMARTS) is 2. The summed E-state index contributed by atoms with van der Waals surface area (Å²) in [6, 6.07) is -4.03. The molecule has 168 valence electrons. The first-order chi connectivity index (χ1) is 14.2. The van der Waals surface area contributed by atoms with Gasteiger partial charge in [-0.15, -0.1) is 0 Å². The van der Waals surface area contributed by atoms with Gasteiger partial charge in [0.25, 0.3) is 0 Å². The minimum absolute atomic E-state index is 0.178. The fraction of sp³-hybridized carbons (Fsp3) is 0.722. The number of rotatable bonds is 10. The van der Waals surface area contributed by atoms with Crippen molar-refractivity contribution in [2.24, 2.45) is 0 Å². The van der Waals surface area contributed by atoms with Crippen molar-refractivity contribution in [1.82, 2.24) is 20.9 Å². The lowest BCUT2D eigenvalue weighted by atomic mass is 10.1. The van der Waals surface area contributed by atoms with Crippen LogP contribution in [0.2, 0.25) is 0 Å². The van der Waals surface area contributed by atoms with E-state index in [-0.39, 0.29) is 18.4 Å². The van der Waals surface area contributed by atoms with Crippen LogP contribution in [-0.4, -0.2) is 93.7 Å². The van der Waals surface area contributed by atoms with Crippen molar-refractivity contribution in [3.8, 4) is 0 Å². The van der Waals surface area contributed by atoms with Gasteiger partial charge in [-0.1, -0.05) is 0 Å². The predicted octanol–water partition coefficient (Wildman–Crippen LogP) is -2.36. The quantitative estimate of drug-likeness (QED) is 0.221. The molecule has 4 atom stereocenters. The average Bonchev–Trinajstić information content (AvgIpc) is 3.39. The van der Waals surface area contributed by atoms with Crippen molar-refractivity contribution in [2.45, 2.75) is 62.7 Å². The molecule has 2 fully saturated rings. The summed E-state index contributed by atoms with van der Waals surface area (Å²) in [5.74, 6) is -4.35. The molecule has 0 aliphatic carbocycles. The van der Waals surface area contributed by atoms with E-state index in [2.05, 4.69) is 16.0 Å². The van der Waals surface area contributed by atoms with Gasteiger partial charge in [-0.25, -0.2) is 4.79 Å². The van der Waals surface area contributed by atoms with Crippen molar-refractivity contribution < 1.29 is 39.3 Å². The first-order valence-corrected chi connectivity index (χ1v) is 9.94. The lowest BCUT2D eigenvalue weighted by Gasteiger charge is -2.28. The number of nitrogens with zero attached hydrogens (tertiary/aromatic N) is 1. The van der Waals surface area contributed by atoms with Gasteiger partial charge in [0.05, 0.1) is 12.6 Å². The number of carbonyl (C=O) groups is 5. The van der Waals surface area contributed by atoms with Crippen LogP contribution in [0.25, 0.3) is 0 Å². The molecule has 30 heavy (non-hydrogen) atoms. The molecule has 6 N–H and O–H groups in total. The van der Waals surface area contributed by atoms with Gasteiger partial charge in [0.2, 0.25) is 17.7 Å². The van der Waals surface area contributed by atoms with E-state index in [4.69, 9.17) is 15.3 Å². The molecule has 3 amide bonds. The fourth-order valence-electron chi connectivity index (χ4n) is 3.66. The Morgan fingerprint density at radius 2 is 1.77 bits per heavy atom. The van der Waals surface area contributed by atoms with Gasteiger partial charge in [0, 0.05) is 13.0 Å². The van der Waals surface area contributed by atoms with Crippen LogP contribution >= 0.6 is 0 Å². The molecule has 2 aliphatic rings. The Balaban J connectivity index is 2.06. The summed E-state index contributed by atoms with van der Waals surface area (Å²) in [6.45, 7) is 0.279. The number of aliphatic carboxylic acids is 2. The van der Waals surface area contributed by atoms with Gasteiger partial charge in [-0.05, 0) is 38.6 Å². The van der Waals surface area contributed by atoms with E-state index in [1.54, 1.807) is 0 Å². The SMILES string of the molecule is O=C(O)CCC(NC(=O)C1CCCN1C(=O)C1CCCN1)C(=O)NC(CO)C(=O)O. The van der Waals surface area contributed by atoms with E-state index in [1.165, 1.54) is 4.90 Å². The number of nitrogens with one attached hydrogen (secondary N) is 3. The lowest BCUT2D eigenvalue weighted by Crippen LogP contribution is -2.57. The van der Waals surface area contributed by atoms with Crippen LogP contribution in [0.5, 0.6) is 0 Å². The smallest absolute Gasteiger partial charge is 0.328 e. The first kappa shape index (κ1) is 23.5. The summed E-state index contributed by atoms with van der Waals surface area (Å²) >= 11 is 0. The van der Waals surface area contributed by atoms with Gasteiger partial charge in [0.1, 0.15) is 18.1 Å². The second-order valence-electron chi connectivity index (χ2n) is 7.41. The van der Waals surface area contributed by atoms with E-state index in [0.717, 1.165) is 13.0 Å². The Labute approximate surface area is 173 Å². The molecule has 12 nitrogen and oxygen atoms in total. The van der Waals surface area contributed by atoms with Crippen LogP contribution in [0.1, 0.15) is 38.5 Å². The molecule has 2 saturated heterocycles. The fourth-order valence-corrected chi connectivity index (χ4v) is 3.66. The number of hydrogen-bond acceptors (Lipinski definition) is 7. The number of likely N-dealkylation sites (tertiary alicyclic amines) is 1. The second-order valence-corrected chi connectivity index (χ2v) is 7.41. The monoisotopic (exact) mass is 428 g/mol. The normalized spacial score (nSPS) is 22.9. The Morgan fingerprint density at radius 3 is 2.33 bits per heavy atom. The van der Waals surface area contributed by atoms with E-state index in [0.29, 0.717) is 25.8 Å². The standard InChI is InChI=1S/C18H28N4O8/c23-9-12(18(29)30)21-15(26)10(5-6-14(24)25)20-16(27)13-4-2-8-22(13)17(28)11-3-1-7-19-11/h10-13,19,23H,1-9H2,(H,20,27)(H,21,26)(H,24,25)(H,29,30). The zero-order valence-corrected chi connectivity index (χ0v) is 16.5. The lowest BCUT2D eigenvalue weighted by molar-refractivity contribution is -0.144. The summed E-state index contributed by atoms with van der Waals surface area (Å²) in [5, 5.41) is 34.6. The van der Waals surface area contributed by atoms with Crippen molar-refractivity contribution >= 4 is 29.7 Å². The zero-order chi connectivity index (χ0) is 22.3. The van der Waals surface area contributed by atoms with Gasteiger partial charge in [0.15, 0.2) is 0 Å². The molecule has 0 radical (unpaired) electrons. The Bertz CT molecular complexity index is 679. The van der Waals surface area contributed by atoms with E-state index in [9.17, 15) is 24.0 Å². The van der Waals surface area contributed by atoms with Crippen LogP contribution in [0.15, 0.2) is 0 Å². The third kappa shape index (κ3) is 6.13. The summed E-state index contributed by atoms with van der Waals surface area (Å²) in [6.07, 6.45) is 1.88. The Morgan fingerprint density at radius 1 is 1.03 bits per heavy atom. The minimum atomic E-state index is -1.58. The second kappa shape index (κ2) is 10.9. The molecule has 2 aliphatic heterocycles. The molecule has 4 unspecified atom stereocenters. The molecule has 12 heteroatoms. The maximum absolute atomic E-state index is 12.8. The predicted molar refractivity (Wildman–Crippen MR) is 101 cm³/mol. The molecule has 0 aromatic heterocycles. The number of hydrogen-bond donors (Lipinski definition) is 6. The van der Waals surface area contributed by atoms with Crippen LogP contribution in [-0.2, 0) is 24.0 Å². The summed E-state index contributed by atoms with van der Waals surface area (Å²) in [7, 11) is 0. The molecular formula is C18H28N4O8. The highest BCUT2D eigenvalue weighted by Gasteiger charge is 2.39. The van der Waals surface area contributed by atoms with E-state index >= 15 is 0 Å². The highest BCUT2D eigenvalue weighted by atomic mass is 16.4. The van der Waals surface area contributed by atoms with Gasteiger partial charge >= 0.3 is 11.9 Å². The summed E-state index contributed by atoms with van der Waals surface area (Å²) in [4.78, 5) is 61.3. The molecule has 0 bridgehead atoms. The molecular weight excluding hydrogens is 400 g/mol. The third-order valence-corrected chi connectivity index (χ3v) is 5.27. The van der Waals surface area contributed by atoms with E-state index < -0.39 is 54.9 Å². The van der Waals surface area contributed by atoms with Crippen molar-refractivity contribution in [3.05, 3.63) is 0 Å². The number of aliphatic hydroxyl groups is 1. The maximum atomic E-state index is 12.8. The van der Waals surface area contributed by atoms with Crippen molar-refractivity contribution in [2.75, 3.05) is 19.7 Å². The molecule has 0 aromatic rings. The molecule has 0 saturated carbocycles. The topological polar surface area (TPSA) is 185 Å². The Hall–Kier alpha value is -2.73. The molecule has 2 heterocycles. The molecule has 0 spiro atoms. The van der Waals surface area contributed by atoms with Crippen LogP contribution in [0, 0.1) is 0 Å². The highest BCUT2D eigenvalue weighted by Crippen LogP contribution is 2.21. The zero-order valence-electron chi connectivity index (χ0n) is 16.5. The Kier molecular flexibility index (Phi) is 8.54. The van der Waals surface area contributed by atoms with Crippen molar-refractivity contribution in [3.63, 3.8) is 0 Å². The maximum Gasteiger partial charge on any atom is 0.328 e. The molecule has 2 rings (SSSR count). The van der Waals surface area contributed by atoms with Crippen LogP contribution in [0.3, 0.4) is 0 Å². The molecule has 0 aromatic carbocycles. The largest absolute Gasteiger partial charge is 0.481 e. The number of carbonyl (C=O) groups excluding carboxylic acids is 3. The summed E-state index contributed by atoms with van der Waals surface area (Å²) in [5.41, 5.74) is 0. The minimum Gasteiger partial charge on any atom is -0.481 e. The number of amides is 3. The van der Waals surface area contributed by atoms with E-state index in [1.807, 2.05) is 0 Å². The van der Waals surface area contributed by atoms with Crippen LogP contribution < -0.4 is 16.0 Å². The van der Waals surface area contributed by atoms with Crippen LogP contribution in [0.4, 0.5) is 0 Å². The summed E-state index contributed by atoms with van der Waals surface area (Å²) < 4.78 is 0. The van der Waals surface area contributed by atoms with Gasteiger partial charge < -0.3 is 36.2 Å². The average molecular weight is 428 g/mol. The highest BCUT2D eigenvalue weighted by molar-refractivity contribution is 5.94. The van der Waals surface area contributed by atoms with Gasteiger partial charge in [-0.3, -0.25) is 19.2 Å². The number of carboxylic acids is 2. The first-order valence-electron chi connectivity index (χ1n) is 9.94. The number of aliphatic hydroxyl groups excluding tert-OH is 1.